The average molecular weight is 344 g/mol. The van der Waals surface area contributed by atoms with Gasteiger partial charge in [-0.05, 0) is 38.0 Å². The number of carbonyl (C=O) groups excluding carboxylic acids is 1. The quantitative estimate of drug-likeness (QED) is 0.863. The molecule has 1 fully saturated rings. The fourth-order valence-corrected chi connectivity index (χ4v) is 2.67. The molecular formula is C17H27ClFN3O. The van der Waals surface area contributed by atoms with Gasteiger partial charge in [-0.3, -0.25) is 9.69 Å². The van der Waals surface area contributed by atoms with Crippen LogP contribution in [0.1, 0.15) is 38.8 Å². The molecular weight excluding hydrogens is 317 g/mol. The van der Waals surface area contributed by atoms with Crippen molar-refractivity contribution in [2.24, 2.45) is 0 Å². The number of hydrogen-bond donors (Lipinski definition) is 2. The lowest BCUT2D eigenvalue weighted by Crippen LogP contribution is -2.52. The van der Waals surface area contributed by atoms with Crippen LogP contribution in [0, 0.1) is 5.82 Å². The number of nitrogens with one attached hydrogen (secondary N) is 2. The second-order valence-corrected chi connectivity index (χ2v) is 6.53. The van der Waals surface area contributed by atoms with E-state index in [-0.39, 0.29) is 35.7 Å². The third-order valence-corrected chi connectivity index (χ3v) is 4.30. The Balaban J connectivity index is 0.00000264. The second kappa shape index (κ2) is 8.62. The van der Waals surface area contributed by atoms with Gasteiger partial charge >= 0.3 is 0 Å². The van der Waals surface area contributed by atoms with Crippen LogP contribution in [0.4, 0.5) is 4.39 Å². The van der Waals surface area contributed by atoms with Gasteiger partial charge in [0, 0.05) is 31.2 Å². The molecule has 1 aliphatic heterocycles. The van der Waals surface area contributed by atoms with Gasteiger partial charge in [-0.1, -0.05) is 19.1 Å². The van der Waals surface area contributed by atoms with Crippen molar-refractivity contribution < 1.29 is 9.18 Å². The normalized spacial score (nSPS) is 19.0. The Morgan fingerprint density at radius 2 is 2.22 bits per heavy atom. The van der Waals surface area contributed by atoms with Crippen LogP contribution in [0.3, 0.4) is 0 Å². The predicted molar refractivity (Wildman–Crippen MR) is 93.3 cm³/mol. The molecule has 2 N–H and O–H groups in total. The van der Waals surface area contributed by atoms with Crippen molar-refractivity contribution in [2.45, 2.75) is 38.8 Å². The number of amides is 1. The smallest absolute Gasteiger partial charge is 0.234 e. The maximum atomic E-state index is 13.5. The Morgan fingerprint density at radius 3 is 2.87 bits per heavy atom. The summed E-state index contributed by atoms with van der Waals surface area (Å²) in [6.45, 7) is 8.79. The molecule has 1 unspecified atom stereocenters. The van der Waals surface area contributed by atoms with Crippen LogP contribution in [0.5, 0.6) is 0 Å². The number of hydrogen-bond acceptors (Lipinski definition) is 3. The van der Waals surface area contributed by atoms with Crippen molar-refractivity contribution in [2.75, 3.05) is 26.2 Å². The van der Waals surface area contributed by atoms with E-state index >= 15 is 0 Å². The van der Waals surface area contributed by atoms with Crippen LogP contribution < -0.4 is 10.6 Å². The van der Waals surface area contributed by atoms with Crippen molar-refractivity contribution in [1.29, 1.82) is 0 Å². The number of piperazine rings is 1. The molecule has 0 aliphatic carbocycles. The molecule has 0 aromatic heterocycles. The minimum atomic E-state index is -0.236. The summed E-state index contributed by atoms with van der Waals surface area (Å²) >= 11 is 0. The monoisotopic (exact) mass is 343 g/mol. The summed E-state index contributed by atoms with van der Waals surface area (Å²) in [5, 5.41) is 6.38. The molecule has 1 aliphatic rings. The van der Waals surface area contributed by atoms with Crippen LogP contribution >= 0.6 is 12.4 Å². The summed E-state index contributed by atoms with van der Waals surface area (Å²) in [5.74, 6) is -0.213. The van der Waals surface area contributed by atoms with Gasteiger partial charge in [0.05, 0.1) is 6.54 Å². The minimum Gasteiger partial charge on any atom is -0.350 e. The van der Waals surface area contributed by atoms with Crippen LogP contribution in [-0.4, -0.2) is 42.5 Å². The molecule has 1 atom stereocenters. The first-order valence-electron chi connectivity index (χ1n) is 7.92. The zero-order valence-electron chi connectivity index (χ0n) is 14.1. The number of rotatable bonds is 5. The first-order valence-corrected chi connectivity index (χ1v) is 7.92. The van der Waals surface area contributed by atoms with Gasteiger partial charge in [0.25, 0.3) is 0 Å². The lowest BCUT2D eigenvalue weighted by atomic mass is 10.0. The summed E-state index contributed by atoms with van der Waals surface area (Å²) in [4.78, 5) is 14.4. The van der Waals surface area contributed by atoms with Gasteiger partial charge in [-0.2, -0.15) is 0 Å². The highest BCUT2D eigenvalue weighted by molar-refractivity contribution is 5.85. The fraction of sp³-hybridized carbons (Fsp3) is 0.588. The van der Waals surface area contributed by atoms with Crippen LogP contribution in [0.15, 0.2) is 24.3 Å². The molecule has 1 aromatic rings. The Labute approximate surface area is 144 Å². The molecule has 0 saturated carbocycles. The van der Waals surface area contributed by atoms with Crippen LogP contribution in [0.2, 0.25) is 0 Å². The van der Waals surface area contributed by atoms with Crippen molar-refractivity contribution in [1.82, 2.24) is 15.5 Å². The van der Waals surface area contributed by atoms with Crippen molar-refractivity contribution >= 4 is 18.3 Å². The fourth-order valence-electron chi connectivity index (χ4n) is 2.67. The number of halogens is 2. The Morgan fingerprint density at radius 1 is 1.48 bits per heavy atom. The molecule has 23 heavy (non-hydrogen) atoms. The number of nitrogens with zero attached hydrogens (tertiary/aromatic N) is 1. The van der Waals surface area contributed by atoms with Gasteiger partial charge < -0.3 is 10.6 Å². The van der Waals surface area contributed by atoms with E-state index in [1.54, 1.807) is 12.1 Å². The highest BCUT2D eigenvalue weighted by Gasteiger charge is 2.27. The van der Waals surface area contributed by atoms with Crippen LogP contribution in [-0.2, 0) is 4.79 Å². The van der Waals surface area contributed by atoms with E-state index in [1.807, 2.05) is 19.9 Å². The summed E-state index contributed by atoms with van der Waals surface area (Å²) < 4.78 is 13.5. The topological polar surface area (TPSA) is 44.4 Å². The summed E-state index contributed by atoms with van der Waals surface area (Å²) in [7, 11) is 0. The molecule has 0 bridgehead atoms. The SMILES string of the molecule is CCC(C)(C)NC(=O)CN1CCNCC1c1cccc(F)c1.Cl. The van der Waals surface area contributed by atoms with Gasteiger partial charge in [0.2, 0.25) is 5.91 Å². The minimum absolute atomic E-state index is 0. The molecule has 130 valence electrons. The Hall–Kier alpha value is -1.17. The molecule has 0 spiro atoms. The largest absolute Gasteiger partial charge is 0.350 e. The molecule has 1 amide bonds. The van der Waals surface area contributed by atoms with E-state index in [0.29, 0.717) is 6.54 Å². The third kappa shape index (κ3) is 5.75. The first kappa shape index (κ1) is 19.9. The molecule has 4 nitrogen and oxygen atoms in total. The molecule has 0 radical (unpaired) electrons. The van der Waals surface area contributed by atoms with Gasteiger partial charge in [-0.15, -0.1) is 12.4 Å². The predicted octanol–water partition coefficient (Wildman–Crippen LogP) is 2.50. The molecule has 1 aromatic carbocycles. The Bertz CT molecular complexity index is 524. The van der Waals surface area contributed by atoms with E-state index in [9.17, 15) is 9.18 Å². The Kier molecular flexibility index (Phi) is 7.45. The molecule has 1 saturated heterocycles. The first-order chi connectivity index (χ1) is 10.4. The summed E-state index contributed by atoms with van der Waals surface area (Å²) in [6, 6.07) is 6.67. The van der Waals surface area contributed by atoms with E-state index in [0.717, 1.165) is 31.6 Å². The summed E-state index contributed by atoms with van der Waals surface area (Å²) in [5.41, 5.74) is 0.717. The lowest BCUT2D eigenvalue weighted by Gasteiger charge is -2.37. The van der Waals surface area contributed by atoms with E-state index in [4.69, 9.17) is 0 Å². The van der Waals surface area contributed by atoms with Crippen LogP contribution in [0.25, 0.3) is 0 Å². The maximum absolute atomic E-state index is 13.5. The zero-order valence-corrected chi connectivity index (χ0v) is 14.9. The van der Waals surface area contributed by atoms with E-state index in [1.165, 1.54) is 6.07 Å². The lowest BCUT2D eigenvalue weighted by molar-refractivity contribution is -0.124. The van der Waals surface area contributed by atoms with E-state index < -0.39 is 0 Å². The maximum Gasteiger partial charge on any atom is 0.234 e. The molecule has 6 heteroatoms. The number of carbonyl (C=O) groups is 1. The second-order valence-electron chi connectivity index (χ2n) is 6.53. The van der Waals surface area contributed by atoms with Crippen molar-refractivity contribution in [3.05, 3.63) is 35.6 Å². The molecule has 2 rings (SSSR count). The standard InChI is InChI=1S/C17H26FN3O.ClH/c1-4-17(2,3)20-16(22)12-21-9-8-19-11-15(21)13-6-5-7-14(18)10-13;/h5-7,10,15,19H,4,8-9,11-12H2,1-3H3,(H,20,22);1H. The van der Waals surface area contributed by atoms with Crippen molar-refractivity contribution in [3.63, 3.8) is 0 Å². The van der Waals surface area contributed by atoms with Gasteiger partial charge in [0.1, 0.15) is 5.82 Å². The van der Waals surface area contributed by atoms with Gasteiger partial charge in [0.15, 0.2) is 0 Å². The van der Waals surface area contributed by atoms with Gasteiger partial charge in [-0.25, -0.2) is 4.39 Å². The van der Waals surface area contributed by atoms with E-state index in [2.05, 4.69) is 22.5 Å². The summed E-state index contributed by atoms with van der Waals surface area (Å²) in [6.07, 6.45) is 0.883. The third-order valence-electron chi connectivity index (χ3n) is 4.30. The highest BCUT2D eigenvalue weighted by Crippen LogP contribution is 2.22. The number of benzene rings is 1. The molecule has 1 heterocycles. The zero-order chi connectivity index (χ0) is 16.2. The highest BCUT2D eigenvalue weighted by atomic mass is 35.5. The van der Waals surface area contributed by atoms with Crippen molar-refractivity contribution in [3.8, 4) is 0 Å². The average Bonchev–Trinajstić information content (AvgIpc) is 2.47.